The summed E-state index contributed by atoms with van der Waals surface area (Å²) in [5, 5.41) is 11.8. The zero-order valence-electron chi connectivity index (χ0n) is 11.0. The summed E-state index contributed by atoms with van der Waals surface area (Å²) in [6.07, 6.45) is 0.860. The van der Waals surface area contributed by atoms with Crippen molar-refractivity contribution in [3.8, 4) is 0 Å². The van der Waals surface area contributed by atoms with Gasteiger partial charge >= 0.3 is 5.97 Å². The van der Waals surface area contributed by atoms with Gasteiger partial charge in [-0.3, -0.25) is 4.79 Å². The Morgan fingerprint density at radius 2 is 2.17 bits per heavy atom. The molecule has 8 heteroatoms. The highest BCUT2D eigenvalue weighted by Crippen LogP contribution is 2.21. The van der Waals surface area contributed by atoms with Gasteiger partial charge in [-0.05, 0) is 30.7 Å². The zero-order valence-corrected chi connectivity index (χ0v) is 11.9. The van der Waals surface area contributed by atoms with E-state index in [0.29, 0.717) is 5.16 Å². The van der Waals surface area contributed by atoms with Gasteiger partial charge in [0.1, 0.15) is 6.54 Å². The molecule has 0 spiro atoms. The fraction of sp³-hybridized carbons (Fsp3) is 0.800. The van der Waals surface area contributed by atoms with E-state index >= 15 is 0 Å². The summed E-state index contributed by atoms with van der Waals surface area (Å²) in [7, 11) is 3.02. The van der Waals surface area contributed by atoms with Crippen LogP contribution in [0.3, 0.4) is 0 Å². The monoisotopic (exact) mass is 274 g/mol. The number of thioether (sulfide) groups is 1. The average Bonchev–Trinajstić information content (AvgIpc) is 2.76. The first-order valence-electron chi connectivity index (χ1n) is 5.49. The number of aromatic nitrogens is 4. The van der Waals surface area contributed by atoms with E-state index in [-0.39, 0.29) is 18.1 Å². The van der Waals surface area contributed by atoms with Gasteiger partial charge in [0.05, 0.1) is 12.7 Å². The van der Waals surface area contributed by atoms with Gasteiger partial charge in [-0.25, -0.2) is 4.68 Å². The number of carbonyl (C=O) groups excluding carboxylic acids is 1. The van der Waals surface area contributed by atoms with Gasteiger partial charge in [-0.1, -0.05) is 11.8 Å². The van der Waals surface area contributed by atoms with Crippen LogP contribution < -0.4 is 0 Å². The first-order chi connectivity index (χ1) is 8.48. The zero-order chi connectivity index (χ0) is 13.6. The van der Waals surface area contributed by atoms with Crippen LogP contribution in [0.15, 0.2) is 5.16 Å². The Bertz CT molecular complexity index is 394. The van der Waals surface area contributed by atoms with E-state index in [1.165, 1.54) is 23.6 Å². The second-order valence-electron chi connectivity index (χ2n) is 4.26. The molecule has 102 valence electrons. The number of carbonyl (C=O) groups is 1. The molecule has 0 fully saturated rings. The molecular formula is C10H18N4O3S. The van der Waals surface area contributed by atoms with Crippen molar-refractivity contribution < 1.29 is 14.3 Å². The Balaban J connectivity index is 2.48. The Morgan fingerprint density at radius 3 is 2.78 bits per heavy atom. The Morgan fingerprint density at radius 1 is 1.44 bits per heavy atom. The van der Waals surface area contributed by atoms with E-state index in [9.17, 15) is 4.79 Å². The molecular weight excluding hydrogens is 256 g/mol. The van der Waals surface area contributed by atoms with Crippen LogP contribution in [-0.2, 0) is 20.8 Å². The third-order valence-corrected chi connectivity index (χ3v) is 3.45. The molecule has 0 aromatic carbocycles. The molecule has 0 radical (unpaired) electrons. The van der Waals surface area contributed by atoms with Gasteiger partial charge in [0, 0.05) is 12.9 Å². The van der Waals surface area contributed by atoms with Crippen molar-refractivity contribution in [1.82, 2.24) is 20.2 Å². The van der Waals surface area contributed by atoms with Crippen LogP contribution in [0.2, 0.25) is 0 Å². The lowest BCUT2D eigenvalue weighted by Gasteiger charge is -2.21. The minimum atomic E-state index is -0.374. The van der Waals surface area contributed by atoms with E-state index in [0.717, 1.165) is 12.2 Å². The van der Waals surface area contributed by atoms with Gasteiger partial charge in [0.25, 0.3) is 0 Å². The molecule has 0 saturated heterocycles. The Kier molecular flexibility index (Phi) is 5.54. The summed E-state index contributed by atoms with van der Waals surface area (Å²) in [5.74, 6) is 0.434. The van der Waals surface area contributed by atoms with E-state index in [4.69, 9.17) is 4.74 Å². The van der Waals surface area contributed by atoms with Crippen LogP contribution in [-0.4, -0.2) is 51.8 Å². The molecule has 0 aliphatic heterocycles. The highest BCUT2D eigenvalue weighted by molar-refractivity contribution is 7.99. The molecule has 1 heterocycles. The maximum atomic E-state index is 11.1. The smallest absolute Gasteiger partial charge is 0.327 e. The third-order valence-electron chi connectivity index (χ3n) is 2.49. The van der Waals surface area contributed by atoms with Crippen molar-refractivity contribution >= 4 is 17.7 Å². The number of hydrogen-bond donors (Lipinski definition) is 0. The fourth-order valence-electron chi connectivity index (χ4n) is 1.08. The van der Waals surface area contributed by atoms with E-state index in [2.05, 4.69) is 20.3 Å². The van der Waals surface area contributed by atoms with Crippen molar-refractivity contribution in [2.24, 2.45) is 0 Å². The predicted octanol–water partition coefficient (Wildman–Crippen LogP) is 0.753. The standard InChI is InChI=1S/C10H18N4O3S/c1-10(2,17-4)5-6-18-9-11-12-13-14(9)7-8(15)16-3/h5-7H2,1-4H3. The quantitative estimate of drug-likeness (QED) is 0.536. The molecule has 0 aliphatic carbocycles. The number of methoxy groups -OCH3 is 2. The molecule has 1 rings (SSSR count). The summed E-state index contributed by atoms with van der Waals surface area (Å²) in [5.41, 5.74) is -0.173. The largest absolute Gasteiger partial charge is 0.468 e. The Labute approximate surface area is 110 Å². The van der Waals surface area contributed by atoms with Crippen molar-refractivity contribution in [1.29, 1.82) is 0 Å². The van der Waals surface area contributed by atoms with Gasteiger partial charge in [-0.2, -0.15) is 0 Å². The molecule has 1 aromatic rings. The van der Waals surface area contributed by atoms with Crippen LogP contribution in [0.1, 0.15) is 20.3 Å². The van der Waals surface area contributed by atoms with Crippen molar-refractivity contribution in [3.05, 3.63) is 0 Å². The first-order valence-corrected chi connectivity index (χ1v) is 6.48. The molecule has 1 aromatic heterocycles. The van der Waals surface area contributed by atoms with Crippen LogP contribution in [0.4, 0.5) is 0 Å². The molecule has 0 N–H and O–H groups in total. The topological polar surface area (TPSA) is 79.1 Å². The molecule has 0 unspecified atom stereocenters. The number of rotatable bonds is 7. The van der Waals surface area contributed by atoms with Crippen LogP contribution in [0.25, 0.3) is 0 Å². The maximum Gasteiger partial charge on any atom is 0.327 e. The second kappa shape index (κ2) is 6.69. The first kappa shape index (κ1) is 14.9. The molecule has 0 bridgehead atoms. The second-order valence-corrected chi connectivity index (χ2v) is 5.32. The maximum absolute atomic E-state index is 11.1. The summed E-state index contributed by atoms with van der Waals surface area (Å²) in [6, 6.07) is 0. The molecule has 0 amide bonds. The molecule has 18 heavy (non-hydrogen) atoms. The van der Waals surface area contributed by atoms with Crippen molar-refractivity contribution in [2.45, 2.75) is 37.6 Å². The van der Waals surface area contributed by atoms with E-state index < -0.39 is 0 Å². The van der Waals surface area contributed by atoms with Gasteiger partial charge < -0.3 is 9.47 Å². The summed E-state index contributed by atoms with van der Waals surface area (Å²) < 4.78 is 11.3. The van der Waals surface area contributed by atoms with Crippen molar-refractivity contribution in [2.75, 3.05) is 20.0 Å². The highest BCUT2D eigenvalue weighted by Gasteiger charge is 2.17. The fourth-order valence-corrected chi connectivity index (χ4v) is 2.20. The number of ether oxygens (including phenoxy) is 2. The minimum Gasteiger partial charge on any atom is -0.468 e. The summed E-state index contributed by atoms with van der Waals surface area (Å²) >= 11 is 1.49. The van der Waals surface area contributed by atoms with Gasteiger partial charge in [-0.15, -0.1) is 5.10 Å². The number of esters is 1. The molecule has 0 atom stereocenters. The van der Waals surface area contributed by atoms with Gasteiger partial charge in [0.15, 0.2) is 0 Å². The predicted molar refractivity (Wildman–Crippen MR) is 66.3 cm³/mol. The average molecular weight is 274 g/mol. The van der Waals surface area contributed by atoms with Gasteiger partial charge in [0.2, 0.25) is 5.16 Å². The molecule has 0 saturated carbocycles. The summed E-state index contributed by atoms with van der Waals surface area (Å²) in [4.78, 5) is 11.1. The molecule has 0 aliphatic rings. The van der Waals surface area contributed by atoms with Crippen LogP contribution in [0, 0.1) is 0 Å². The molecule has 7 nitrogen and oxygen atoms in total. The lowest BCUT2D eigenvalue weighted by molar-refractivity contribution is -0.141. The highest BCUT2D eigenvalue weighted by atomic mass is 32.2. The Hall–Kier alpha value is -1.15. The number of hydrogen-bond acceptors (Lipinski definition) is 7. The van der Waals surface area contributed by atoms with E-state index in [1.54, 1.807) is 7.11 Å². The number of tetrazole rings is 1. The summed E-state index contributed by atoms with van der Waals surface area (Å²) in [6.45, 7) is 4.06. The third kappa shape index (κ3) is 4.61. The lowest BCUT2D eigenvalue weighted by Crippen LogP contribution is -2.23. The van der Waals surface area contributed by atoms with E-state index in [1.807, 2.05) is 13.8 Å². The minimum absolute atomic E-state index is 0.0273. The van der Waals surface area contributed by atoms with Crippen LogP contribution in [0.5, 0.6) is 0 Å². The van der Waals surface area contributed by atoms with Crippen LogP contribution >= 0.6 is 11.8 Å². The normalized spacial score (nSPS) is 11.6. The van der Waals surface area contributed by atoms with Crippen molar-refractivity contribution in [3.63, 3.8) is 0 Å². The SMILES string of the molecule is COC(=O)Cn1nnnc1SCCC(C)(C)OC. The lowest BCUT2D eigenvalue weighted by atomic mass is 10.1. The number of nitrogens with zero attached hydrogens (tertiary/aromatic N) is 4.